The Morgan fingerprint density at radius 3 is 2.80 bits per heavy atom. The number of hydrogen-bond acceptors (Lipinski definition) is 5. The molecule has 0 aromatic heterocycles. The summed E-state index contributed by atoms with van der Waals surface area (Å²) in [5.74, 6) is -0.190. The largest absolute Gasteiger partial charge is 0.468 e. The Labute approximate surface area is 123 Å². The molecule has 0 radical (unpaired) electrons. The summed E-state index contributed by atoms with van der Waals surface area (Å²) < 4.78 is 4.88. The summed E-state index contributed by atoms with van der Waals surface area (Å²) in [5, 5.41) is 3.09. The smallest absolute Gasteiger partial charge is 0.325 e. The minimum Gasteiger partial charge on any atom is -0.468 e. The Balaban J connectivity index is 2.42. The first-order valence-electron chi connectivity index (χ1n) is 7.66. The van der Waals surface area contributed by atoms with Gasteiger partial charge in [-0.05, 0) is 53.4 Å². The maximum atomic E-state index is 11.8. The van der Waals surface area contributed by atoms with Crippen LogP contribution in [-0.4, -0.2) is 74.7 Å². The highest BCUT2D eigenvalue weighted by molar-refractivity contribution is 5.80. The van der Waals surface area contributed by atoms with E-state index in [0.29, 0.717) is 6.04 Å². The van der Waals surface area contributed by atoms with E-state index in [2.05, 4.69) is 29.1 Å². The van der Waals surface area contributed by atoms with E-state index >= 15 is 0 Å². The van der Waals surface area contributed by atoms with E-state index in [9.17, 15) is 4.79 Å². The molecule has 1 heterocycles. The van der Waals surface area contributed by atoms with E-state index in [-0.39, 0.29) is 5.97 Å². The lowest BCUT2D eigenvalue weighted by atomic mass is 9.98. The topological polar surface area (TPSA) is 44.8 Å². The Bertz CT molecular complexity index is 311. The molecule has 1 aliphatic rings. The fraction of sp³-hybridized carbons (Fsp3) is 0.933. The number of methoxy groups -OCH3 is 1. The number of ether oxygens (including phenoxy) is 1. The normalized spacial score (nSPS) is 23.0. The molecule has 0 saturated carbocycles. The maximum Gasteiger partial charge on any atom is 0.325 e. The predicted octanol–water partition coefficient (Wildman–Crippen LogP) is 0.944. The molecule has 1 saturated heterocycles. The molecule has 5 heteroatoms. The molecule has 0 bridgehead atoms. The van der Waals surface area contributed by atoms with Gasteiger partial charge >= 0.3 is 5.97 Å². The maximum absolute atomic E-state index is 11.8. The van der Waals surface area contributed by atoms with E-state index in [1.54, 1.807) is 0 Å². The average Bonchev–Trinajstić information content (AvgIpc) is 2.90. The van der Waals surface area contributed by atoms with Gasteiger partial charge in [-0.25, -0.2) is 0 Å². The van der Waals surface area contributed by atoms with Gasteiger partial charge in [0.25, 0.3) is 0 Å². The van der Waals surface area contributed by atoms with E-state index in [4.69, 9.17) is 4.74 Å². The van der Waals surface area contributed by atoms with Gasteiger partial charge in [0, 0.05) is 19.1 Å². The molecule has 0 amide bonds. The van der Waals surface area contributed by atoms with Gasteiger partial charge in [0.15, 0.2) is 0 Å². The number of esters is 1. The Kier molecular flexibility index (Phi) is 6.92. The summed E-state index contributed by atoms with van der Waals surface area (Å²) in [5.41, 5.74) is -0.594. The van der Waals surface area contributed by atoms with Crippen LogP contribution < -0.4 is 5.32 Å². The highest BCUT2D eigenvalue weighted by Crippen LogP contribution is 2.18. The third kappa shape index (κ3) is 4.43. The van der Waals surface area contributed by atoms with Crippen LogP contribution in [-0.2, 0) is 9.53 Å². The van der Waals surface area contributed by atoms with Crippen molar-refractivity contribution in [3.8, 4) is 0 Å². The zero-order valence-corrected chi connectivity index (χ0v) is 13.7. The van der Waals surface area contributed by atoms with Crippen molar-refractivity contribution >= 4 is 5.97 Å². The second-order valence-electron chi connectivity index (χ2n) is 6.01. The van der Waals surface area contributed by atoms with Crippen molar-refractivity contribution in [2.75, 3.05) is 47.4 Å². The van der Waals surface area contributed by atoms with Crippen molar-refractivity contribution < 1.29 is 9.53 Å². The van der Waals surface area contributed by atoms with E-state index < -0.39 is 5.54 Å². The summed E-state index contributed by atoms with van der Waals surface area (Å²) in [6.45, 7) is 8.46. The minimum absolute atomic E-state index is 0.190. The Morgan fingerprint density at radius 1 is 1.55 bits per heavy atom. The Hall–Kier alpha value is -0.650. The van der Waals surface area contributed by atoms with Gasteiger partial charge < -0.3 is 15.0 Å². The first-order chi connectivity index (χ1) is 9.46. The monoisotopic (exact) mass is 285 g/mol. The molecule has 1 N–H and O–H groups in total. The van der Waals surface area contributed by atoms with Gasteiger partial charge in [-0.15, -0.1) is 0 Å². The van der Waals surface area contributed by atoms with Gasteiger partial charge in [0.2, 0.25) is 0 Å². The lowest BCUT2D eigenvalue weighted by Gasteiger charge is -2.31. The van der Waals surface area contributed by atoms with Gasteiger partial charge in [-0.1, -0.05) is 6.92 Å². The summed E-state index contributed by atoms with van der Waals surface area (Å²) in [7, 11) is 5.39. The molecule has 0 aliphatic carbocycles. The molecular formula is C15H31N3O2. The number of likely N-dealkylation sites (tertiary alicyclic amines) is 1. The van der Waals surface area contributed by atoms with Crippen LogP contribution in [0.5, 0.6) is 0 Å². The number of carbonyl (C=O) groups is 1. The lowest BCUT2D eigenvalue weighted by molar-refractivity contribution is -0.148. The molecular weight excluding hydrogens is 254 g/mol. The number of nitrogens with zero attached hydrogens (tertiary/aromatic N) is 2. The molecule has 1 rings (SSSR count). The minimum atomic E-state index is -0.594. The highest BCUT2D eigenvalue weighted by Gasteiger charge is 2.33. The first-order valence-corrected chi connectivity index (χ1v) is 7.66. The van der Waals surface area contributed by atoms with Gasteiger partial charge in [-0.3, -0.25) is 9.69 Å². The molecule has 0 spiro atoms. The van der Waals surface area contributed by atoms with Crippen LogP contribution in [0.3, 0.4) is 0 Å². The van der Waals surface area contributed by atoms with Crippen molar-refractivity contribution in [1.29, 1.82) is 0 Å². The molecule has 118 valence electrons. The predicted molar refractivity (Wildman–Crippen MR) is 81.9 cm³/mol. The second kappa shape index (κ2) is 7.96. The molecule has 0 aromatic rings. The van der Waals surface area contributed by atoms with E-state index in [0.717, 1.165) is 26.1 Å². The standard InChI is InChI=1S/C15H31N3O2/c1-6-18-10-7-8-13(18)12-17(4)11-9-15(2,16-3)14(19)20-5/h13,16H,6-12H2,1-5H3. The van der Waals surface area contributed by atoms with Crippen LogP contribution >= 0.6 is 0 Å². The van der Waals surface area contributed by atoms with Crippen molar-refractivity contribution in [2.24, 2.45) is 0 Å². The van der Waals surface area contributed by atoms with Crippen molar-refractivity contribution in [2.45, 2.75) is 44.7 Å². The highest BCUT2D eigenvalue weighted by atomic mass is 16.5. The third-order valence-electron chi connectivity index (χ3n) is 4.61. The van der Waals surface area contributed by atoms with Crippen LogP contribution in [0.1, 0.15) is 33.1 Å². The average molecular weight is 285 g/mol. The number of hydrogen-bond donors (Lipinski definition) is 1. The summed E-state index contributed by atoms with van der Waals surface area (Å²) in [4.78, 5) is 16.7. The number of nitrogens with one attached hydrogen (secondary N) is 1. The molecule has 2 unspecified atom stereocenters. The van der Waals surface area contributed by atoms with Crippen molar-refractivity contribution in [3.05, 3.63) is 0 Å². The van der Waals surface area contributed by atoms with Crippen LogP contribution in [0.4, 0.5) is 0 Å². The van der Waals surface area contributed by atoms with Crippen LogP contribution in [0.15, 0.2) is 0 Å². The first kappa shape index (κ1) is 17.4. The molecule has 1 aliphatic heterocycles. The summed E-state index contributed by atoms with van der Waals surface area (Å²) in [6, 6.07) is 0.670. The summed E-state index contributed by atoms with van der Waals surface area (Å²) >= 11 is 0. The molecule has 5 nitrogen and oxygen atoms in total. The van der Waals surface area contributed by atoms with Crippen LogP contribution in [0.2, 0.25) is 0 Å². The van der Waals surface area contributed by atoms with Gasteiger partial charge in [0.1, 0.15) is 5.54 Å². The van der Waals surface area contributed by atoms with Gasteiger partial charge in [0.05, 0.1) is 7.11 Å². The number of rotatable bonds is 8. The second-order valence-corrected chi connectivity index (χ2v) is 6.01. The van der Waals surface area contributed by atoms with Crippen molar-refractivity contribution in [1.82, 2.24) is 15.1 Å². The van der Waals surface area contributed by atoms with Crippen LogP contribution in [0, 0.1) is 0 Å². The fourth-order valence-electron chi connectivity index (χ4n) is 2.94. The fourth-order valence-corrected chi connectivity index (χ4v) is 2.94. The van der Waals surface area contributed by atoms with E-state index in [1.165, 1.54) is 26.5 Å². The summed E-state index contributed by atoms with van der Waals surface area (Å²) in [6.07, 6.45) is 3.35. The Morgan fingerprint density at radius 2 is 2.25 bits per heavy atom. The molecule has 1 fully saturated rings. The van der Waals surface area contributed by atoms with Gasteiger partial charge in [-0.2, -0.15) is 0 Å². The number of likely N-dealkylation sites (N-methyl/N-ethyl adjacent to an activating group) is 3. The molecule has 2 atom stereocenters. The number of carbonyl (C=O) groups excluding carboxylic acids is 1. The van der Waals surface area contributed by atoms with Crippen molar-refractivity contribution in [3.63, 3.8) is 0 Å². The molecule has 0 aromatic carbocycles. The SMILES string of the molecule is CCN1CCCC1CN(C)CCC(C)(NC)C(=O)OC. The lowest BCUT2D eigenvalue weighted by Crippen LogP contribution is -2.50. The van der Waals surface area contributed by atoms with E-state index in [1.807, 2.05) is 14.0 Å². The molecule has 20 heavy (non-hydrogen) atoms. The quantitative estimate of drug-likeness (QED) is 0.673. The zero-order valence-electron chi connectivity index (χ0n) is 13.7. The van der Waals surface area contributed by atoms with Crippen LogP contribution in [0.25, 0.3) is 0 Å². The zero-order chi connectivity index (χ0) is 15.2. The third-order valence-corrected chi connectivity index (χ3v) is 4.61.